The Labute approximate surface area is 183 Å². The Hall–Kier alpha value is -2.93. The second-order valence-corrected chi connectivity index (χ2v) is 7.09. The molecule has 0 aliphatic carbocycles. The Morgan fingerprint density at radius 3 is 2.42 bits per heavy atom. The fourth-order valence-electron chi connectivity index (χ4n) is 3.33. The minimum atomic E-state index is -0.120. The second-order valence-electron chi connectivity index (χ2n) is 7.09. The summed E-state index contributed by atoms with van der Waals surface area (Å²) in [6.07, 6.45) is 3.11. The Bertz CT molecular complexity index is 921. The van der Waals surface area contributed by atoms with E-state index in [2.05, 4.69) is 0 Å². The van der Waals surface area contributed by atoms with Gasteiger partial charge in [0.2, 0.25) is 0 Å². The Morgan fingerprint density at radius 2 is 1.71 bits per heavy atom. The Morgan fingerprint density at radius 1 is 0.968 bits per heavy atom. The summed E-state index contributed by atoms with van der Waals surface area (Å²) in [4.78, 5) is 13.2. The molecule has 0 saturated carbocycles. The van der Waals surface area contributed by atoms with Crippen molar-refractivity contribution in [3.63, 3.8) is 0 Å². The lowest BCUT2D eigenvalue weighted by molar-refractivity contribution is -0.0548. The number of rotatable bonds is 12. The summed E-state index contributed by atoms with van der Waals surface area (Å²) in [5.41, 5.74) is 1.42. The third-order valence-electron chi connectivity index (χ3n) is 4.90. The SMILES string of the molecule is CCOCOCC(CCCO)c1cccn1C(=O)c1ccc(Oc2ccccc2)cc1. The molecule has 1 atom stereocenters. The summed E-state index contributed by atoms with van der Waals surface area (Å²) >= 11 is 0. The molecule has 3 rings (SSSR count). The standard InChI is InChI=1S/C25H29NO5/c1-2-29-19-30-18-21(8-7-17-27)24-11-6-16-26(24)25(28)20-12-14-23(15-13-20)31-22-9-4-3-5-10-22/h3-6,9-16,21,27H,2,7-8,17-19H2,1H3. The molecule has 2 aromatic carbocycles. The molecule has 3 aromatic rings. The highest BCUT2D eigenvalue weighted by Gasteiger charge is 2.20. The van der Waals surface area contributed by atoms with E-state index in [0.717, 1.165) is 11.4 Å². The molecule has 0 amide bonds. The molecule has 164 valence electrons. The van der Waals surface area contributed by atoms with Gasteiger partial charge in [0.15, 0.2) is 0 Å². The van der Waals surface area contributed by atoms with Crippen LogP contribution in [0.1, 0.15) is 41.7 Å². The zero-order chi connectivity index (χ0) is 21.9. The maximum atomic E-state index is 13.2. The van der Waals surface area contributed by atoms with E-state index >= 15 is 0 Å². The lowest BCUT2D eigenvalue weighted by atomic mass is 10.00. The van der Waals surface area contributed by atoms with E-state index in [4.69, 9.17) is 14.2 Å². The molecule has 0 fully saturated rings. The molecule has 6 heteroatoms. The van der Waals surface area contributed by atoms with Crippen LogP contribution in [0.2, 0.25) is 0 Å². The maximum absolute atomic E-state index is 13.2. The lowest BCUT2D eigenvalue weighted by Crippen LogP contribution is -2.19. The minimum Gasteiger partial charge on any atom is -0.457 e. The number of hydrogen-bond donors (Lipinski definition) is 1. The van der Waals surface area contributed by atoms with Crippen LogP contribution in [-0.4, -0.2) is 42.2 Å². The lowest BCUT2D eigenvalue weighted by Gasteiger charge is -2.19. The molecule has 1 N–H and O–H groups in total. The van der Waals surface area contributed by atoms with Gasteiger partial charge in [-0.1, -0.05) is 18.2 Å². The normalized spacial score (nSPS) is 11.9. The molecule has 1 unspecified atom stereocenters. The van der Waals surface area contributed by atoms with E-state index in [1.807, 2.05) is 49.4 Å². The Kier molecular flexibility index (Phi) is 8.84. The van der Waals surface area contributed by atoms with Gasteiger partial charge in [-0.3, -0.25) is 9.36 Å². The fraction of sp³-hybridized carbons (Fsp3) is 0.320. The number of ether oxygens (including phenoxy) is 3. The fourth-order valence-corrected chi connectivity index (χ4v) is 3.33. The van der Waals surface area contributed by atoms with E-state index < -0.39 is 0 Å². The number of carbonyl (C=O) groups is 1. The number of aliphatic hydroxyl groups is 1. The largest absolute Gasteiger partial charge is 0.457 e. The number of carbonyl (C=O) groups excluding carboxylic acids is 1. The third kappa shape index (κ3) is 6.52. The molecule has 0 radical (unpaired) electrons. The zero-order valence-corrected chi connectivity index (χ0v) is 17.8. The zero-order valence-electron chi connectivity index (χ0n) is 17.8. The number of para-hydroxylation sites is 1. The molecule has 0 aliphatic heterocycles. The third-order valence-corrected chi connectivity index (χ3v) is 4.90. The van der Waals surface area contributed by atoms with Gasteiger partial charge in [0, 0.05) is 36.6 Å². The maximum Gasteiger partial charge on any atom is 0.262 e. The van der Waals surface area contributed by atoms with Crippen LogP contribution >= 0.6 is 0 Å². The molecule has 1 heterocycles. The van der Waals surface area contributed by atoms with Crippen molar-refractivity contribution in [3.05, 3.63) is 84.2 Å². The van der Waals surface area contributed by atoms with Crippen molar-refractivity contribution in [1.82, 2.24) is 4.57 Å². The van der Waals surface area contributed by atoms with Crippen LogP contribution in [0.15, 0.2) is 72.9 Å². The molecule has 1 aromatic heterocycles. The van der Waals surface area contributed by atoms with Crippen LogP contribution in [0.3, 0.4) is 0 Å². The quantitative estimate of drug-likeness (QED) is 0.334. The molecule has 0 saturated heterocycles. The molecule has 0 bridgehead atoms. The smallest absolute Gasteiger partial charge is 0.262 e. The van der Waals surface area contributed by atoms with Crippen molar-refractivity contribution in [3.8, 4) is 11.5 Å². The first-order valence-electron chi connectivity index (χ1n) is 10.5. The van der Waals surface area contributed by atoms with E-state index in [-0.39, 0.29) is 25.2 Å². The number of aliphatic hydroxyl groups excluding tert-OH is 1. The topological polar surface area (TPSA) is 69.9 Å². The Balaban J connectivity index is 1.72. The van der Waals surface area contributed by atoms with E-state index in [0.29, 0.717) is 37.4 Å². The van der Waals surface area contributed by atoms with Crippen molar-refractivity contribution < 1.29 is 24.1 Å². The average Bonchev–Trinajstić information content (AvgIpc) is 3.29. The molecule has 0 aliphatic rings. The first-order valence-corrected chi connectivity index (χ1v) is 10.5. The highest BCUT2D eigenvalue weighted by molar-refractivity contribution is 5.96. The van der Waals surface area contributed by atoms with E-state index in [9.17, 15) is 9.90 Å². The van der Waals surface area contributed by atoms with Gasteiger partial charge < -0.3 is 19.3 Å². The van der Waals surface area contributed by atoms with E-state index in [1.54, 1.807) is 35.0 Å². The van der Waals surface area contributed by atoms with Gasteiger partial charge in [-0.25, -0.2) is 0 Å². The molecule has 31 heavy (non-hydrogen) atoms. The molecular weight excluding hydrogens is 394 g/mol. The highest BCUT2D eigenvalue weighted by atomic mass is 16.7. The molecule has 0 spiro atoms. The van der Waals surface area contributed by atoms with Crippen LogP contribution in [0.5, 0.6) is 11.5 Å². The minimum absolute atomic E-state index is 0.0211. The summed E-state index contributed by atoms with van der Waals surface area (Å²) in [5.74, 6) is 1.27. The highest BCUT2D eigenvalue weighted by Crippen LogP contribution is 2.25. The van der Waals surface area contributed by atoms with Crippen molar-refractivity contribution in [2.45, 2.75) is 25.7 Å². The monoisotopic (exact) mass is 423 g/mol. The number of hydrogen-bond acceptors (Lipinski definition) is 5. The molecular formula is C25H29NO5. The van der Waals surface area contributed by atoms with Gasteiger partial charge in [0.1, 0.15) is 18.3 Å². The van der Waals surface area contributed by atoms with Gasteiger partial charge >= 0.3 is 0 Å². The van der Waals surface area contributed by atoms with Gasteiger partial charge in [-0.05, 0) is 68.3 Å². The van der Waals surface area contributed by atoms with Crippen LogP contribution in [0.4, 0.5) is 0 Å². The van der Waals surface area contributed by atoms with Gasteiger partial charge in [0.05, 0.1) is 6.61 Å². The van der Waals surface area contributed by atoms with Crippen LogP contribution in [0, 0.1) is 0 Å². The summed E-state index contributed by atoms with van der Waals surface area (Å²) < 4.78 is 18.3. The van der Waals surface area contributed by atoms with Crippen molar-refractivity contribution in [2.75, 3.05) is 26.6 Å². The van der Waals surface area contributed by atoms with Gasteiger partial charge in [-0.15, -0.1) is 0 Å². The van der Waals surface area contributed by atoms with Gasteiger partial charge in [0.25, 0.3) is 5.91 Å². The average molecular weight is 424 g/mol. The number of aromatic nitrogens is 1. The predicted molar refractivity (Wildman–Crippen MR) is 119 cm³/mol. The van der Waals surface area contributed by atoms with Crippen molar-refractivity contribution in [2.24, 2.45) is 0 Å². The predicted octanol–water partition coefficient (Wildman–Crippen LogP) is 4.84. The second kappa shape index (κ2) is 12.1. The molecule has 6 nitrogen and oxygen atoms in total. The van der Waals surface area contributed by atoms with Crippen LogP contribution in [-0.2, 0) is 9.47 Å². The van der Waals surface area contributed by atoms with Crippen molar-refractivity contribution in [1.29, 1.82) is 0 Å². The number of benzene rings is 2. The summed E-state index contributed by atoms with van der Waals surface area (Å²) in [5, 5.41) is 9.26. The van der Waals surface area contributed by atoms with Crippen LogP contribution in [0.25, 0.3) is 0 Å². The van der Waals surface area contributed by atoms with Crippen LogP contribution < -0.4 is 4.74 Å². The summed E-state index contributed by atoms with van der Waals surface area (Å²) in [6.45, 7) is 3.22. The van der Waals surface area contributed by atoms with Crippen molar-refractivity contribution >= 4 is 5.91 Å². The summed E-state index contributed by atoms with van der Waals surface area (Å²) in [7, 11) is 0. The summed E-state index contributed by atoms with van der Waals surface area (Å²) in [6, 6.07) is 20.4. The first kappa shape index (κ1) is 22.7. The van der Waals surface area contributed by atoms with Gasteiger partial charge in [-0.2, -0.15) is 0 Å². The first-order chi connectivity index (χ1) is 15.2. The number of nitrogens with zero attached hydrogens (tertiary/aromatic N) is 1. The van der Waals surface area contributed by atoms with E-state index in [1.165, 1.54) is 0 Å².